The fourth-order valence-corrected chi connectivity index (χ4v) is 3.66. The Bertz CT molecular complexity index is 589. The zero-order valence-corrected chi connectivity index (χ0v) is 14.5. The second kappa shape index (κ2) is 7.66. The average molecular weight is 346 g/mol. The molecule has 4 rings (SSSR count). The molecule has 3 nitrogen and oxygen atoms in total. The highest BCUT2D eigenvalue weighted by molar-refractivity contribution is 5.85. The molecule has 4 heteroatoms. The first-order chi connectivity index (χ1) is 11.4. The SMILES string of the molecule is Cl.c1ccc(C2(c3ccccc3)OCC([C@H]3CCCCN3)O2)cc1. The molecule has 1 N–H and O–H groups in total. The summed E-state index contributed by atoms with van der Waals surface area (Å²) in [6.07, 6.45) is 3.78. The zero-order chi connectivity index (χ0) is 15.5. The Hall–Kier alpha value is -1.39. The molecule has 0 aromatic heterocycles. The molecule has 0 saturated carbocycles. The summed E-state index contributed by atoms with van der Waals surface area (Å²) >= 11 is 0. The van der Waals surface area contributed by atoms with E-state index < -0.39 is 5.79 Å². The summed E-state index contributed by atoms with van der Waals surface area (Å²) < 4.78 is 12.9. The van der Waals surface area contributed by atoms with Crippen molar-refractivity contribution in [2.24, 2.45) is 0 Å². The number of piperidine rings is 1. The molecule has 2 fully saturated rings. The minimum absolute atomic E-state index is 0. The van der Waals surface area contributed by atoms with Crippen molar-refractivity contribution in [2.45, 2.75) is 37.2 Å². The molecule has 2 aromatic rings. The van der Waals surface area contributed by atoms with Gasteiger partial charge in [-0.3, -0.25) is 0 Å². The maximum atomic E-state index is 6.58. The van der Waals surface area contributed by atoms with Crippen molar-refractivity contribution in [3.63, 3.8) is 0 Å². The van der Waals surface area contributed by atoms with Gasteiger partial charge in [-0.1, -0.05) is 67.1 Å². The van der Waals surface area contributed by atoms with Crippen molar-refractivity contribution in [2.75, 3.05) is 13.2 Å². The summed E-state index contributed by atoms with van der Waals surface area (Å²) in [5, 5.41) is 3.60. The molecule has 0 amide bonds. The summed E-state index contributed by atoms with van der Waals surface area (Å²) in [5.74, 6) is -0.785. The molecule has 2 saturated heterocycles. The number of ether oxygens (including phenoxy) is 2. The quantitative estimate of drug-likeness (QED) is 0.916. The number of rotatable bonds is 3. The third kappa shape index (κ3) is 3.22. The van der Waals surface area contributed by atoms with E-state index in [1.807, 2.05) is 36.4 Å². The van der Waals surface area contributed by atoms with E-state index >= 15 is 0 Å². The maximum absolute atomic E-state index is 6.58. The van der Waals surface area contributed by atoms with Crippen LogP contribution in [-0.2, 0) is 15.3 Å². The van der Waals surface area contributed by atoms with E-state index in [9.17, 15) is 0 Å². The number of hydrogen-bond donors (Lipinski definition) is 1. The van der Waals surface area contributed by atoms with Gasteiger partial charge in [0.05, 0.1) is 6.61 Å². The van der Waals surface area contributed by atoms with E-state index in [1.54, 1.807) is 0 Å². The van der Waals surface area contributed by atoms with Crippen LogP contribution >= 0.6 is 12.4 Å². The van der Waals surface area contributed by atoms with Crippen LogP contribution < -0.4 is 5.32 Å². The zero-order valence-electron chi connectivity index (χ0n) is 13.7. The predicted molar refractivity (Wildman–Crippen MR) is 97.4 cm³/mol. The Morgan fingerprint density at radius 2 is 1.50 bits per heavy atom. The average Bonchev–Trinajstić information content (AvgIpc) is 3.11. The van der Waals surface area contributed by atoms with Gasteiger partial charge in [0.25, 0.3) is 0 Å². The molecule has 0 radical (unpaired) electrons. The summed E-state index contributed by atoms with van der Waals surface area (Å²) in [5.41, 5.74) is 2.12. The van der Waals surface area contributed by atoms with E-state index in [1.165, 1.54) is 12.8 Å². The lowest BCUT2D eigenvalue weighted by Crippen LogP contribution is -2.45. The molecule has 0 aliphatic carbocycles. The molecular weight excluding hydrogens is 322 g/mol. The van der Waals surface area contributed by atoms with Crippen molar-refractivity contribution >= 4 is 12.4 Å². The first-order valence-electron chi connectivity index (χ1n) is 8.55. The minimum Gasteiger partial charge on any atom is -0.339 e. The summed E-state index contributed by atoms with van der Waals surface area (Å²) in [6.45, 7) is 1.70. The van der Waals surface area contributed by atoms with Crippen molar-refractivity contribution in [3.05, 3.63) is 71.8 Å². The van der Waals surface area contributed by atoms with E-state index in [0.717, 1.165) is 24.1 Å². The Morgan fingerprint density at radius 1 is 0.875 bits per heavy atom. The topological polar surface area (TPSA) is 30.5 Å². The highest BCUT2D eigenvalue weighted by atomic mass is 35.5. The fraction of sp³-hybridized carbons (Fsp3) is 0.400. The predicted octanol–water partition coefficient (Wildman–Crippen LogP) is 3.87. The van der Waals surface area contributed by atoms with Crippen LogP contribution in [0.5, 0.6) is 0 Å². The van der Waals surface area contributed by atoms with Gasteiger partial charge in [-0.2, -0.15) is 0 Å². The number of nitrogens with one attached hydrogen (secondary N) is 1. The Labute approximate surface area is 149 Å². The number of hydrogen-bond acceptors (Lipinski definition) is 3. The summed E-state index contributed by atoms with van der Waals surface area (Å²) in [7, 11) is 0. The minimum atomic E-state index is -0.785. The molecule has 0 spiro atoms. The smallest absolute Gasteiger partial charge is 0.222 e. The van der Waals surface area contributed by atoms with E-state index in [0.29, 0.717) is 12.6 Å². The van der Waals surface area contributed by atoms with Crippen LogP contribution in [0.3, 0.4) is 0 Å². The molecule has 24 heavy (non-hydrogen) atoms. The van der Waals surface area contributed by atoms with Crippen LogP contribution in [0.25, 0.3) is 0 Å². The highest BCUT2D eigenvalue weighted by Crippen LogP contribution is 2.41. The largest absolute Gasteiger partial charge is 0.339 e. The van der Waals surface area contributed by atoms with Crippen LogP contribution in [0.1, 0.15) is 30.4 Å². The standard InChI is InChI=1S/C20H23NO2.ClH/c1-3-9-16(10-4-1)20(17-11-5-2-6-12-17)22-15-19(23-20)18-13-7-8-14-21-18;/h1-6,9-12,18-19,21H,7-8,13-15H2;1H/t18-,19?;/m1./s1. The van der Waals surface area contributed by atoms with Gasteiger partial charge < -0.3 is 14.8 Å². The van der Waals surface area contributed by atoms with E-state index in [-0.39, 0.29) is 18.5 Å². The van der Waals surface area contributed by atoms with Gasteiger partial charge in [0.2, 0.25) is 5.79 Å². The van der Waals surface area contributed by atoms with Gasteiger partial charge in [0.1, 0.15) is 6.10 Å². The Balaban J connectivity index is 0.00000169. The molecule has 128 valence electrons. The van der Waals surface area contributed by atoms with Crippen molar-refractivity contribution < 1.29 is 9.47 Å². The lowest BCUT2D eigenvalue weighted by molar-refractivity contribution is -0.146. The lowest BCUT2D eigenvalue weighted by Gasteiger charge is -2.32. The summed E-state index contributed by atoms with van der Waals surface area (Å²) in [6, 6.07) is 20.9. The van der Waals surface area contributed by atoms with Gasteiger partial charge in [-0.05, 0) is 19.4 Å². The van der Waals surface area contributed by atoms with Crippen LogP contribution in [0.2, 0.25) is 0 Å². The first kappa shape index (κ1) is 17.4. The Morgan fingerprint density at radius 3 is 2.04 bits per heavy atom. The molecular formula is C20H24ClNO2. The number of benzene rings is 2. The third-order valence-corrected chi connectivity index (χ3v) is 4.87. The van der Waals surface area contributed by atoms with Crippen LogP contribution in [0, 0.1) is 0 Å². The highest BCUT2D eigenvalue weighted by Gasteiger charge is 2.47. The van der Waals surface area contributed by atoms with Crippen LogP contribution in [-0.4, -0.2) is 25.3 Å². The van der Waals surface area contributed by atoms with Gasteiger partial charge >= 0.3 is 0 Å². The van der Waals surface area contributed by atoms with Crippen LogP contribution in [0.15, 0.2) is 60.7 Å². The summed E-state index contributed by atoms with van der Waals surface area (Å²) in [4.78, 5) is 0. The molecule has 2 heterocycles. The molecule has 0 bridgehead atoms. The van der Waals surface area contributed by atoms with Gasteiger partial charge in [-0.25, -0.2) is 0 Å². The molecule has 2 aliphatic rings. The first-order valence-corrected chi connectivity index (χ1v) is 8.55. The third-order valence-electron chi connectivity index (χ3n) is 4.87. The monoisotopic (exact) mass is 345 g/mol. The Kier molecular flexibility index (Phi) is 5.57. The van der Waals surface area contributed by atoms with Crippen molar-refractivity contribution in [1.82, 2.24) is 5.32 Å². The molecule has 1 unspecified atom stereocenters. The number of halogens is 1. The maximum Gasteiger partial charge on any atom is 0.222 e. The van der Waals surface area contributed by atoms with E-state index in [4.69, 9.17) is 9.47 Å². The van der Waals surface area contributed by atoms with E-state index in [2.05, 4.69) is 29.6 Å². The van der Waals surface area contributed by atoms with Crippen molar-refractivity contribution in [3.8, 4) is 0 Å². The van der Waals surface area contributed by atoms with Gasteiger partial charge in [0, 0.05) is 17.2 Å². The normalized spacial score (nSPS) is 25.8. The van der Waals surface area contributed by atoms with Gasteiger partial charge in [0.15, 0.2) is 0 Å². The fourth-order valence-electron chi connectivity index (χ4n) is 3.66. The lowest BCUT2D eigenvalue weighted by atomic mass is 9.97. The molecule has 2 atom stereocenters. The molecule has 2 aliphatic heterocycles. The second-order valence-corrected chi connectivity index (χ2v) is 6.37. The van der Waals surface area contributed by atoms with Gasteiger partial charge in [-0.15, -0.1) is 12.4 Å². The second-order valence-electron chi connectivity index (χ2n) is 6.37. The molecule has 2 aromatic carbocycles. The van der Waals surface area contributed by atoms with Crippen molar-refractivity contribution in [1.29, 1.82) is 0 Å². The van der Waals surface area contributed by atoms with Crippen LogP contribution in [0.4, 0.5) is 0 Å².